The molecule has 0 aliphatic carbocycles. The lowest BCUT2D eigenvalue weighted by Crippen LogP contribution is -2.15. The van der Waals surface area contributed by atoms with Gasteiger partial charge in [0.15, 0.2) is 6.10 Å². The molecule has 3 aromatic rings. The van der Waals surface area contributed by atoms with Crippen LogP contribution < -0.4 is 4.74 Å². The average Bonchev–Trinajstić information content (AvgIpc) is 3.64. The van der Waals surface area contributed by atoms with Crippen molar-refractivity contribution >= 4 is 5.97 Å². The number of carbonyl (C=O) groups is 1. The van der Waals surface area contributed by atoms with Crippen molar-refractivity contribution in [3.63, 3.8) is 0 Å². The van der Waals surface area contributed by atoms with Gasteiger partial charge in [0.05, 0.1) is 0 Å². The number of hydrogen-bond acceptors (Lipinski definition) is 3. The van der Waals surface area contributed by atoms with Crippen LogP contribution in [-0.2, 0) is 22.4 Å². The second-order valence-corrected chi connectivity index (χ2v) is 9.02. The predicted octanol–water partition coefficient (Wildman–Crippen LogP) is 7.17. The first-order valence-electron chi connectivity index (χ1n) is 12.3. The summed E-state index contributed by atoms with van der Waals surface area (Å²) in [6.07, 6.45) is 9.08. The number of aryl methyl sites for hydroxylation is 3. The number of benzene rings is 3. The second-order valence-electron chi connectivity index (χ2n) is 9.02. The van der Waals surface area contributed by atoms with E-state index in [1.165, 1.54) is 56.1 Å². The third-order valence-electron chi connectivity index (χ3n) is 6.33. The molecular formula is C30H34O3. The lowest BCUT2D eigenvalue weighted by Gasteiger charge is -2.08. The maximum absolute atomic E-state index is 12.5. The summed E-state index contributed by atoms with van der Waals surface area (Å²) in [6, 6.07) is 26.6. The standard InChI is InChI=1S/C30H34O3/c1-23-19-21-26(22-20-23)32-30(31)29-28(33-29)27-18-12-11-17-25(27)16-10-5-3-2-4-7-13-24-14-8-6-9-15-24/h6,8-9,11-12,14-15,17-22,28-29H,2-5,7,10,13,16H2,1H3/t28-,29+/m0/s1. The topological polar surface area (TPSA) is 38.8 Å². The van der Waals surface area contributed by atoms with Gasteiger partial charge >= 0.3 is 5.97 Å². The molecule has 3 heteroatoms. The van der Waals surface area contributed by atoms with Gasteiger partial charge in [0.25, 0.3) is 0 Å². The van der Waals surface area contributed by atoms with Gasteiger partial charge in [-0.25, -0.2) is 4.79 Å². The molecule has 1 aliphatic rings. The lowest BCUT2D eigenvalue weighted by molar-refractivity contribution is -0.135. The molecule has 3 nitrogen and oxygen atoms in total. The van der Waals surface area contributed by atoms with E-state index in [1.54, 1.807) is 0 Å². The number of esters is 1. The Hall–Kier alpha value is -2.91. The van der Waals surface area contributed by atoms with E-state index < -0.39 is 6.10 Å². The van der Waals surface area contributed by atoms with Crippen molar-refractivity contribution in [1.29, 1.82) is 0 Å². The minimum Gasteiger partial charge on any atom is -0.425 e. The average molecular weight is 443 g/mol. The van der Waals surface area contributed by atoms with Crippen molar-refractivity contribution in [2.75, 3.05) is 0 Å². The molecule has 0 unspecified atom stereocenters. The maximum atomic E-state index is 12.5. The van der Waals surface area contributed by atoms with E-state index >= 15 is 0 Å². The molecule has 0 aromatic heterocycles. The Labute approximate surface area is 197 Å². The Kier molecular flexibility index (Phi) is 8.32. The number of epoxide rings is 1. The van der Waals surface area contributed by atoms with Crippen LogP contribution >= 0.6 is 0 Å². The summed E-state index contributed by atoms with van der Waals surface area (Å²) < 4.78 is 11.2. The smallest absolute Gasteiger partial charge is 0.343 e. The first-order chi connectivity index (χ1) is 16.2. The van der Waals surface area contributed by atoms with Gasteiger partial charge in [-0.3, -0.25) is 0 Å². The highest BCUT2D eigenvalue weighted by Gasteiger charge is 2.48. The molecule has 0 amide bonds. The number of ether oxygens (including phenoxy) is 2. The molecule has 1 fully saturated rings. The van der Waals surface area contributed by atoms with E-state index in [-0.39, 0.29) is 12.1 Å². The van der Waals surface area contributed by atoms with Gasteiger partial charge in [-0.1, -0.05) is 98.0 Å². The predicted molar refractivity (Wildman–Crippen MR) is 132 cm³/mol. The fourth-order valence-corrected chi connectivity index (χ4v) is 4.34. The Morgan fingerprint density at radius 3 is 2.15 bits per heavy atom. The number of unbranched alkanes of at least 4 members (excludes halogenated alkanes) is 5. The third-order valence-corrected chi connectivity index (χ3v) is 6.33. The van der Waals surface area contributed by atoms with Crippen LogP contribution in [0.5, 0.6) is 5.75 Å². The monoisotopic (exact) mass is 442 g/mol. The molecule has 1 saturated heterocycles. The summed E-state index contributed by atoms with van der Waals surface area (Å²) >= 11 is 0. The molecule has 33 heavy (non-hydrogen) atoms. The van der Waals surface area contributed by atoms with Crippen LogP contribution in [0, 0.1) is 6.92 Å². The van der Waals surface area contributed by atoms with Crippen molar-refractivity contribution in [3.8, 4) is 5.75 Å². The molecule has 0 radical (unpaired) electrons. The molecule has 0 bridgehead atoms. The normalized spacial score (nSPS) is 17.0. The fourth-order valence-electron chi connectivity index (χ4n) is 4.34. The highest BCUT2D eigenvalue weighted by molar-refractivity contribution is 5.80. The number of rotatable bonds is 12. The summed E-state index contributed by atoms with van der Waals surface area (Å²) in [5.41, 5.74) is 5.00. The van der Waals surface area contributed by atoms with Gasteiger partial charge in [0, 0.05) is 0 Å². The maximum Gasteiger partial charge on any atom is 0.343 e. The quantitative estimate of drug-likeness (QED) is 0.129. The zero-order valence-electron chi connectivity index (χ0n) is 19.5. The molecule has 172 valence electrons. The Bertz CT molecular complexity index is 1010. The zero-order chi connectivity index (χ0) is 22.9. The molecule has 2 atom stereocenters. The van der Waals surface area contributed by atoms with Crippen molar-refractivity contribution < 1.29 is 14.3 Å². The van der Waals surface area contributed by atoms with Gasteiger partial charge in [-0.15, -0.1) is 0 Å². The second kappa shape index (κ2) is 11.8. The molecule has 0 N–H and O–H groups in total. The van der Waals surface area contributed by atoms with Gasteiger partial charge in [0.2, 0.25) is 0 Å². The lowest BCUT2D eigenvalue weighted by atomic mass is 9.97. The van der Waals surface area contributed by atoms with Crippen molar-refractivity contribution in [2.24, 2.45) is 0 Å². The van der Waals surface area contributed by atoms with E-state index in [1.807, 2.05) is 37.3 Å². The van der Waals surface area contributed by atoms with Gasteiger partial charge in [-0.2, -0.15) is 0 Å². The highest BCUT2D eigenvalue weighted by Crippen LogP contribution is 2.41. The summed E-state index contributed by atoms with van der Waals surface area (Å²) in [5, 5.41) is 0. The third kappa shape index (κ3) is 7.03. The summed E-state index contributed by atoms with van der Waals surface area (Å²) in [4.78, 5) is 12.5. The summed E-state index contributed by atoms with van der Waals surface area (Å²) in [6.45, 7) is 2.01. The van der Waals surface area contributed by atoms with Crippen molar-refractivity contribution in [1.82, 2.24) is 0 Å². The van der Waals surface area contributed by atoms with Crippen molar-refractivity contribution in [2.45, 2.75) is 70.5 Å². The molecule has 4 rings (SSSR count). The fraction of sp³-hybridized carbons (Fsp3) is 0.367. The van der Waals surface area contributed by atoms with Crippen LogP contribution in [0.25, 0.3) is 0 Å². The molecule has 1 heterocycles. The molecular weight excluding hydrogens is 408 g/mol. The van der Waals surface area contributed by atoms with Crippen LogP contribution in [-0.4, -0.2) is 12.1 Å². The molecule has 1 aliphatic heterocycles. The van der Waals surface area contributed by atoms with Crippen molar-refractivity contribution in [3.05, 3.63) is 101 Å². The first kappa shape index (κ1) is 23.3. The van der Waals surface area contributed by atoms with Gasteiger partial charge in [0.1, 0.15) is 11.9 Å². The van der Waals surface area contributed by atoms with Crippen LogP contribution in [0.3, 0.4) is 0 Å². The Morgan fingerprint density at radius 1 is 0.758 bits per heavy atom. The number of carbonyl (C=O) groups excluding carboxylic acids is 1. The SMILES string of the molecule is Cc1ccc(OC(=O)[C@@H]2O[C@H]2c2ccccc2CCCCCCCCc2ccccc2)cc1. The van der Waals surface area contributed by atoms with E-state index in [4.69, 9.17) is 9.47 Å². The van der Waals surface area contributed by atoms with E-state index in [2.05, 4.69) is 48.5 Å². The zero-order valence-corrected chi connectivity index (χ0v) is 19.5. The largest absolute Gasteiger partial charge is 0.425 e. The van der Waals surface area contributed by atoms with Crippen LogP contribution in [0.15, 0.2) is 78.9 Å². The molecule has 0 spiro atoms. The van der Waals surface area contributed by atoms with E-state index in [0.29, 0.717) is 5.75 Å². The summed E-state index contributed by atoms with van der Waals surface area (Å²) in [5.74, 6) is 0.256. The number of hydrogen-bond donors (Lipinski definition) is 0. The molecule has 0 saturated carbocycles. The summed E-state index contributed by atoms with van der Waals surface area (Å²) in [7, 11) is 0. The minimum atomic E-state index is -0.503. The van der Waals surface area contributed by atoms with E-state index in [0.717, 1.165) is 17.5 Å². The minimum absolute atomic E-state index is 0.183. The highest BCUT2D eigenvalue weighted by atomic mass is 16.6. The Morgan fingerprint density at radius 2 is 1.39 bits per heavy atom. The van der Waals surface area contributed by atoms with Gasteiger partial charge < -0.3 is 9.47 Å². The Balaban J connectivity index is 1.16. The van der Waals surface area contributed by atoms with Crippen LogP contribution in [0.1, 0.15) is 66.9 Å². The molecule has 3 aromatic carbocycles. The first-order valence-corrected chi connectivity index (χ1v) is 12.3. The van der Waals surface area contributed by atoms with Gasteiger partial charge in [-0.05, 0) is 61.4 Å². The van der Waals surface area contributed by atoms with Crippen LogP contribution in [0.2, 0.25) is 0 Å². The van der Waals surface area contributed by atoms with Crippen LogP contribution in [0.4, 0.5) is 0 Å². The van der Waals surface area contributed by atoms with E-state index in [9.17, 15) is 4.79 Å².